The highest BCUT2D eigenvalue weighted by atomic mass is 35.5. The van der Waals surface area contributed by atoms with Crippen molar-refractivity contribution in [1.82, 2.24) is 4.98 Å². The fraction of sp³-hybridized carbons (Fsp3) is 0. The van der Waals surface area contributed by atoms with Crippen molar-refractivity contribution in [2.24, 2.45) is 0 Å². The first kappa shape index (κ1) is 10.6. The van der Waals surface area contributed by atoms with Crippen molar-refractivity contribution in [1.29, 1.82) is 0 Å². The normalized spacial score (nSPS) is 11.8. The number of aromatic amines is 1. The van der Waals surface area contributed by atoms with E-state index in [2.05, 4.69) is 4.98 Å². The number of halogens is 1. The van der Waals surface area contributed by atoms with E-state index in [1.165, 1.54) is 22.7 Å². The van der Waals surface area contributed by atoms with E-state index in [1.54, 1.807) is 0 Å². The van der Waals surface area contributed by atoms with Gasteiger partial charge in [0, 0.05) is 21.0 Å². The SMILES string of the molecule is O=c1[nH]c2ccccc2c2c1sc1cc(Cl)sc12. The van der Waals surface area contributed by atoms with Gasteiger partial charge in [-0.15, -0.1) is 22.7 Å². The van der Waals surface area contributed by atoms with Crippen LogP contribution < -0.4 is 5.56 Å². The molecule has 0 bridgehead atoms. The smallest absolute Gasteiger partial charge is 0.266 e. The first-order valence-corrected chi connectivity index (χ1v) is 7.38. The van der Waals surface area contributed by atoms with E-state index < -0.39 is 0 Å². The zero-order chi connectivity index (χ0) is 12.3. The number of hydrogen-bond acceptors (Lipinski definition) is 3. The number of rotatable bonds is 0. The highest BCUT2D eigenvalue weighted by Gasteiger charge is 2.14. The van der Waals surface area contributed by atoms with Gasteiger partial charge in [0.1, 0.15) is 4.70 Å². The summed E-state index contributed by atoms with van der Waals surface area (Å²) in [4.78, 5) is 15.0. The molecular formula is C13H6ClNOS2. The molecule has 0 radical (unpaired) electrons. The molecule has 2 nitrogen and oxygen atoms in total. The molecule has 0 saturated heterocycles. The molecule has 4 rings (SSSR count). The Morgan fingerprint density at radius 1 is 1.11 bits per heavy atom. The van der Waals surface area contributed by atoms with Crippen molar-refractivity contribution in [2.45, 2.75) is 0 Å². The molecule has 5 heteroatoms. The van der Waals surface area contributed by atoms with Gasteiger partial charge in [0.25, 0.3) is 5.56 Å². The Hall–Kier alpha value is -1.36. The molecule has 0 aliphatic carbocycles. The summed E-state index contributed by atoms with van der Waals surface area (Å²) in [6.45, 7) is 0. The van der Waals surface area contributed by atoms with Gasteiger partial charge in [0.2, 0.25) is 0 Å². The van der Waals surface area contributed by atoms with Crippen LogP contribution >= 0.6 is 34.3 Å². The van der Waals surface area contributed by atoms with Crippen LogP contribution in [0.1, 0.15) is 0 Å². The number of nitrogens with one attached hydrogen (secondary N) is 1. The number of thiophene rings is 2. The molecule has 0 atom stereocenters. The molecule has 4 aromatic rings. The van der Waals surface area contributed by atoms with E-state index in [-0.39, 0.29) is 5.56 Å². The summed E-state index contributed by atoms with van der Waals surface area (Å²) in [5.41, 5.74) is 0.854. The number of fused-ring (bicyclic) bond motifs is 5. The van der Waals surface area contributed by atoms with Crippen LogP contribution in [0.25, 0.3) is 30.4 Å². The van der Waals surface area contributed by atoms with Gasteiger partial charge in [0.05, 0.1) is 9.04 Å². The molecule has 0 saturated carbocycles. The summed E-state index contributed by atoms with van der Waals surface area (Å²) in [6.07, 6.45) is 0. The third-order valence-electron chi connectivity index (χ3n) is 2.98. The Morgan fingerprint density at radius 2 is 1.94 bits per heavy atom. The second-order valence-electron chi connectivity index (χ2n) is 4.05. The molecule has 18 heavy (non-hydrogen) atoms. The fourth-order valence-corrected chi connectivity index (χ4v) is 4.94. The summed E-state index contributed by atoms with van der Waals surface area (Å²) in [5, 5.41) is 2.11. The van der Waals surface area contributed by atoms with Crippen molar-refractivity contribution < 1.29 is 0 Å². The molecular weight excluding hydrogens is 286 g/mol. The van der Waals surface area contributed by atoms with Crippen LogP contribution in [-0.4, -0.2) is 4.98 Å². The highest BCUT2D eigenvalue weighted by molar-refractivity contribution is 7.34. The van der Waals surface area contributed by atoms with E-state index in [0.717, 1.165) is 34.7 Å². The minimum atomic E-state index is -0.0202. The van der Waals surface area contributed by atoms with Crippen LogP contribution in [0.5, 0.6) is 0 Å². The number of pyridine rings is 1. The molecule has 88 valence electrons. The Kier molecular flexibility index (Phi) is 2.09. The van der Waals surface area contributed by atoms with Gasteiger partial charge in [-0.1, -0.05) is 29.8 Å². The number of para-hydroxylation sites is 1. The van der Waals surface area contributed by atoms with Crippen LogP contribution in [0.2, 0.25) is 4.34 Å². The minimum Gasteiger partial charge on any atom is -0.321 e. The molecule has 0 spiro atoms. The van der Waals surface area contributed by atoms with Gasteiger partial charge in [0.15, 0.2) is 0 Å². The van der Waals surface area contributed by atoms with Gasteiger partial charge in [-0.3, -0.25) is 4.79 Å². The molecule has 0 amide bonds. The quantitative estimate of drug-likeness (QED) is 0.504. The van der Waals surface area contributed by atoms with Gasteiger partial charge in [-0.2, -0.15) is 0 Å². The van der Waals surface area contributed by atoms with Gasteiger partial charge in [-0.05, 0) is 12.1 Å². The molecule has 0 aliphatic rings. The number of benzene rings is 1. The minimum absolute atomic E-state index is 0.0202. The number of H-pyrrole nitrogens is 1. The third kappa shape index (κ3) is 1.31. The van der Waals surface area contributed by atoms with Crippen LogP contribution in [0, 0.1) is 0 Å². The molecule has 0 aliphatic heterocycles. The van der Waals surface area contributed by atoms with Crippen LogP contribution in [0.3, 0.4) is 0 Å². The fourth-order valence-electron chi connectivity index (χ4n) is 2.25. The third-order valence-corrected chi connectivity index (χ3v) is 5.53. The molecule has 3 aromatic heterocycles. The summed E-state index contributed by atoms with van der Waals surface area (Å²) in [7, 11) is 0. The zero-order valence-corrected chi connectivity index (χ0v) is 11.4. The average molecular weight is 292 g/mol. The topological polar surface area (TPSA) is 32.9 Å². The lowest BCUT2D eigenvalue weighted by Gasteiger charge is -1.98. The first-order valence-electron chi connectivity index (χ1n) is 5.36. The lowest BCUT2D eigenvalue weighted by molar-refractivity contribution is 1.36. The van der Waals surface area contributed by atoms with Gasteiger partial charge < -0.3 is 4.98 Å². The summed E-state index contributed by atoms with van der Waals surface area (Å²) >= 11 is 9.10. The van der Waals surface area contributed by atoms with Gasteiger partial charge >= 0.3 is 0 Å². The Morgan fingerprint density at radius 3 is 2.83 bits per heavy atom. The number of hydrogen-bond donors (Lipinski definition) is 1. The molecule has 0 unspecified atom stereocenters. The standard InChI is InChI=1S/C13H6ClNOS2/c14-9-5-8-11(18-9)10-6-3-1-2-4-7(6)15-13(16)12(10)17-8/h1-5H,(H,15,16). The molecule has 1 aromatic carbocycles. The predicted octanol–water partition coefficient (Wildman–Crippen LogP) is 4.61. The maximum Gasteiger partial charge on any atom is 0.266 e. The van der Waals surface area contributed by atoms with Crippen molar-refractivity contribution in [3.05, 3.63) is 45.0 Å². The lowest BCUT2D eigenvalue weighted by atomic mass is 10.1. The van der Waals surface area contributed by atoms with E-state index >= 15 is 0 Å². The molecule has 3 heterocycles. The second kappa shape index (κ2) is 3.57. The van der Waals surface area contributed by atoms with Crippen molar-refractivity contribution in [3.63, 3.8) is 0 Å². The lowest BCUT2D eigenvalue weighted by Crippen LogP contribution is -2.03. The van der Waals surface area contributed by atoms with E-state index in [4.69, 9.17) is 11.6 Å². The van der Waals surface area contributed by atoms with Crippen LogP contribution in [0.4, 0.5) is 0 Å². The maximum atomic E-state index is 12.1. The van der Waals surface area contributed by atoms with E-state index in [9.17, 15) is 4.79 Å². The Labute approximate surface area is 114 Å². The Bertz CT molecular complexity index is 964. The zero-order valence-electron chi connectivity index (χ0n) is 8.99. The van der Waals surface area contributed by atoms with Crippen LogP contribution in [0.15, 0.2) is 35.1 Å². The largest absolute Gasteiger partial charge is 0.321 e. The predicted molar refractivity (Wildman–Crippen MR) is 80.3 cm³/mol. The highest BCUT2D eigenvalue weighted by Crippen LogP contribution is 2.42. The summed E-state index contributed by atoms with van der Waals surface area (Å²) < 4.78 is 3.75. The first-order chi connectivity index (χ1) is 8.74. The average Bonchev–Trinajstić information content (AvgIpc) is 2.86. The van der Waals surface area contributed by atoms with Gasteiger partial charge in [-0.25, -0.2) is 0 Å². The monoisotopic (exact) mass is 291 g/mol. The maximum absolute atomic E-state index is 12.1. The summed E-state index contributed by atoms with van der Waals surface area (Å²) in [5.74, 6) is 0. The van der Waals surface area contributed by atoms with Crippen molar-refractivity contribution in [3.8, 4) is 0 Å². The summed E-state index contributed by atoms with van der Waals surface area (Å²) in [6, 6.07) is 9.80. The molecule has 1 N–H and O–H groups in total. The van der Waals surface area contributed by atoms with Crippen molar-refractivity contribution in [2.75, 3.05) is 0 Å². The van der Waals surface area contributed by atoms with Crippen molar-refractivity contribution >= 4 is 64.7 Å². The molecule has 0 fully saturated rings. The Balaban J connectivity index is 2.42. The number of aromatic nitrogens is 1. The van der Waals surface area contributed by atoms with E-state index in [0.29, 0.717) is 0 Å². The second-order valence-corrected chi connectivity index (χ2v) is 6.79. The van der Waals surface area contributed by atoms with E-state index in [1.807, 2.05) is 30.3 Å². The van der Waals surface area contributed by atoms with Crippen LogP contribution in [-0.2, 0) is 0 Å².